The average molecular weight is 285 g/mol. The largest absolute Gasteiger partial charge is 0.394 e. The van der Waals surface area contributed by atoms with E-state index in [1.165, 1.54) is 6.21 Å². The summed E-state index contributed by atoms with van der Waals surface area (Å²) in [5.41, 5.74) is 2.69. The molecule has 0 radical (unpaired) electrons. The molecule has 2 rings (SSSR count). The minimum absolute atomic E-state index is 0.0689. The number of hydrogen-bond acceptors (Lipinski definition) is 3. The molecule has 0 aliphatic carbocycles. The first-order valence-corrected chi connectivity index (χ1v) is 7.35. The van der Waals surface area contributed by atoms with Crippen molar-refractivity contribution in [3.8, 4) is 0 Å². The molecule has 0 saturated heterocycles. The van der Waals surface area contributed by atoms with Crippen LogP contribution in [0.2, 0.25) is 0 Å². The van der Waals surface area contributed by atoms with Crippen molar-refractivity contribution in [1.82, 2.24) is 10.2 Å². The van der Waals surface area contributed by atoms with Gasteiger partial charge in [0.15, 0.2) is 0 Å². The van der Waals surface area contributed by atoms with Gasteiger partial charge in [0.05, 0.1) is 6.04 Å². The first-order valence-electron chi connectivity index (χ1n) is 7.35. The minimum Gasteiger partial charge on any atom is -0.394 e. The summed E-state index contributed by atoms with van der Waals surface area (Å²) in [5.74, 6) is 0.461. The second-order valence-electron chi connectivity index (χ2n) is 5.81. The van der Waals surface area contributed by atoms with E-state index in [1.54, 1.807) is 0 Å². The van der Waals surface area contributed by atoms with Crippen LogP contribution in [0.15, 0.2) is 36.0 Å². The third-order valence-corrected chi connectivity index (χ3v) is 3.72. The molecule has 4 nitrogen and oxygen atoms in total. The van der Waals surface area contributed by atoms with Gasteiger partial charge in [0, 0.05) is 37.1 Å². The van der Waals surface area contributed by atoms with Gasteiger partial charge in [-0.1, -0.05) is 32.0 Å². The molecule has 1 amide bonds. The number of nitrogens with one attached hydrogen (secondary N) is 2. The Bertz CT molecular complexity index is 563. The Morgan fingerprint density at radius 3 is 2.81 bits per heavy atom. The Balaban J connectivity index is 2.44. The van der Waals surface area contributed by atoms with Crippen LogP contribution in [0.5, 0.6) is 0 Å². The highest BCUT2D eigenvalue weighted by atomic mass is 16.2. The summed E-state index contributed by atoms with van der Waals surface area (Å²) in [7, 11) is 1.81. The van der Waals surface area contributed by atoms with E-state index in [2.05, 4.69) is 19.2 Å². The van der Waals surface area contributed by atoms with E-state index in [0.29, 0.717) is 12.5 Å². The number of rotatable bonds is 5. The van der Waals surface area contributed by atoms with Crippen molar-refractivity contribution >= 4 is 12.1 Å². The van der Waals surface area contributed by atoms with Gasteiger partial charge in [-0.3, -0.25) is 4.79 Å². The maximum atomic E-state index is 12.8. The molecular weight excluding hydrogens is 262 g/mol. The molecule has 1 unspecified atom stereocenters. The highest BCUT2D eigenvalue weighted by Crippen LogP contribution is 2.27. The fraction of sp³-hybridized carbons (Fsp3) is 0.412. The SMILES string of the molecule is CN/C=C(\C=N)C1Cc2ccccc2C(=O)N1CC(C)C. The van der Waals surface area contributed by atoms with Gasteiger partial charge in [-0.05, 0) is 24.0 Å². The minimum atomic E-state index is -0.0697. The number of benzene rings is 1. The molecule has 0 fully saturated rings. The lowest BCUT2D eigenvalue weighted by molar-refractivity contribution is 0.0660. The van der Waals surface area contributed by atoms with E-state index in [0.717, 1.165) is 23.1 Å². The van der Waals surface area contributed by atoms with Crippen LogP contribution >= 0.6 is 0 Å². The van der Waals surface area contributed by atoms with Gasteiger partial charge < -0.3 is 15.6 Å². The Morgan fingerprint density at radius 1 is 1.48 bits per heavy atom. The number of amides is 1. The van der Waals surface area contributed by atoms with Gasteiger partial charge in [0.25, 0.3) is 5.91 Å². The molecule has 4 heteroatoms. The van der Waals surface area contributed by atoms with Crippen LogP contribution < -0.4 is 5.32 Å². The molecule has 0 spiro atoms. The summed E-state index contributed by atoms with van der Waals surface area (Å²) in [4.78, 5) is 14.7. The van der Waals surface area contributed by atoms with E-state index in [9.17, 15) is 4.79 Å². The monoisotopic (exact) mass is 285 g/mol. The Labute approximate surface area is 126 Å². The van der Waals surface area contributed by atoms with E-state index in [-0.39, 0.29) is 11.9 Å². The topological polar surface area (TPSA) is 56.2 Å². The van der Waals surface area contributed by atoms with Gasteiger partial charge in [-0.15, -0.1) is 0 Å². The fourth-order valence-electron chi connectivity index (χ4n) is 2.82. The number of carbonyl (C=O) groups is 1. The van der Waals surface area contributed by atoms with E-state index >= 15 is 0 Å². The van der Waals surface area contributed by atoms with Crippen molar-refractivity contribution in [3.05, 3.63) is 47.2 Å². The predicted octanol–water partition coefficient (Wildman–Crippen LogP) is 2.46. The van der Waals surface area contributed by atoms with Gasteiger partial charge >= 0.3 is 0 Å². The maximum Gasteiger partial charge on any atom is 0.254 e. The summed E-state index contributed by atoms with van der Waals surface area (Å²) in [5, 5.41) is 10.6. The Kier molecular flexibility index (Phi) is 4.78. The smallest absolute Gasteiger partial charge is 0.254 e. The highest BCUT2D eigenvalue weighted by molar-refractivity contribution is 5.98. The van der Waals surface area contributed by atoms with Crippen LogP contribution in [0.1, 0.15) is 29.8 Å². The highest BCUT2D eigenvalue weighted by Gasteiger charge is 2.33. The Hall–Kier alpha value is -2.10. The molecule has 1 aromatic rings. The number of nitrogens with zero attached hydrogens (tertiary/aromatic N) is 1. The third kappa shape index (κ3) is 3.15. The zero-order valence-corrected chi connectivity index (χ0v) is 12.9. The number of hydrogen-bond donors (Lipinski definition) is 2. The second-order valence-corrected chi connectivity index (χ2v) is 5.81. The van der Waals surface area contributed by atoms with Crippen molar-refractivity contribution in [2.24, 2.45) is 5.92 Å². The molecule has 21 heavy (non-hydrogen) atoms. The molecule has 1 aromatic carbocycles. The molecule has 0 saturated carbocycles. The first-order chi connectivity index (χ1) is 10.1. The summed E-state index contributed by atoms with van der Waals surface area (Å²) >= 11 is 0. The normalized spacial score (nSPS) is 18.7. The standard InChI is InChI=1S/C17H23N3O/c1-12(2)11-20-16(14(9-18)10-19-3)8-13-6-4-5-7-15(13)17(20)21/h4-7,9-10,12,16,18-19H,8,11H2,1-3H3/b14-10+,18-9?. The van der Waals surface area contributed by atoms with E-state index in [1.807, 2.05) is 42.4 Å². The molecule has 1 aliphatic heterocycles. The summed E-state index contributed by atoms with van der Waals surface area (Å²) < 4.78 is 0. The zero-order chi connectivity index (χ0) is 15.4. The van der Waals surface area contributed by atoms with Gasteiger partial charge in [-0.25, -0.2) is 0 Å². The number of fused-ring (bicyclic) bond motifs is 1. The molecule has 1 aliphatic rings. The Morgan fingerprint density at radius 2 is 2.19 bits per heavy atom. The molecular formula is C17H23N3O. The quantitative estimate of drug-likeness (QED) is 0.817. The van der Waals surface area contributed by atoms with Crippen LogP contribution in [-0.4, -0.2) is 36.7 Å². The average Bonchev–Trinajstić information content (AvgIpc) is 2.47. The fourth-order valence-corrected chi connectivity index (χ4v) is 2.82. The first kappa shape index (κ1) is 15.3. The van der Waals surface area contributed by atoms with Crippen LogP contribution in [0.3, 0.4) is 0 Å². The van der Waals surface area contributed by atoms with Crippen LogP contribution in [-0.2, 0) is 6.42 Å². The van der Waals surface area contributed by atoms with Crippen molar-refractivity contribution in [1.29, 1.82) is 5.41 Å². The zero-order valence-electron chi connectivity index (χ0n) is 12.9. The van der Waals surface area contributed by atoms with Crippen LogP contribution in [0, 0.1) is 11.3 Å². The lowest BCUT2D eigenvalue weighted by atomic mass is 9.89. The molecule has 2 N–H and O–H groups in total. The van der Waals surface area contributed by atoms with Gasteiger partial charge in [-0.2, -0.15) is 0 Å². The van der Waals surface area contributed by atoms with Gasteiger partial charge in [0.1, 0.15) is 0 Å². The molecule has 112 valence electrons. The molecule has 0 aromatic heterocycles. The van der Waals surface area contributed by atoms with Gasteiger partial charge in [0.2, 0.25) is 0 Å². The predicted molar refractivity (Wildman–Crippen MR) is 85.7 cm³/mol. The summed E-state index contributed by atoms with van der Waals surface area (Å²) in [6.45, 7) is 4.92. The third-order valence-electron chi connectivity index (χ3n) is 3.72. The van der Waals surface area contributed by atoms with E-state index in [4.69, 9.17) is 5.41 Å². The maximum absolute atomic E-state index is 12.8. The van der Waals surface area contributed by atoms with Crippen molar-refractivity contribution < 1.29 is 4.79 Å². The van der Waals surface area contributed by atoms with Crippen LogP contribution in [0.4, 0.5) is 0 Å². The lowest BCUT2D eigenvalue weighted by Crippen LogP contribution is -2.48. The van der Waals surface area contributed by atoms with Crippen molar-refractivity contribution in [3.63, 3.8) is 0 Å². The number of carbonyl (C=O) groups excluding carboxylic acids is 1. The second kappa shape index (κ2) is 6.57. The molecule has 0 bridgehead atoms. The van der Waals surface area contributed by atoms with Crippen molar-refractivity contribution in [2.45, 2.75) is 26.3 Å². The van der Waals surface area contributed by atoms with E-state index < -0.39 is 0 Å². The summed E-state index contributed by atoms with van der Waals surface area (Å²) in [6, 6.07) is 7.71. The summed E-state index contributed by atoms with van der Waals surface area (Å²) in [6.07, 6.45) is 3.92. The van der Waals surface area contributed by atoms with Crippen LogP contribution in [0.25, 0.3) is 0 Å². The molecule has 1 heterocycles. The molecule has 1 atom stereocenters. The lowest BCUT2D eigenvalue weighted by Gasteiger charge is -2.38. The van der Waals surface area contributed by atoms with Crippen molar-refractivity contribution in [2.75, 3.05) is 13.6 Å².